The molecule has 1 atom stereocenters. The first kappa shape index (κ1) is 26.3. The molecule has 1 aromatic heterocycles. The lowest BCUT2D eigenvalue weighted by Crippen LogP contribution is -2.39. The number of fused-ring (bicyclic) bond motifs is 1. The number of piperidine rings is 1. The number of hydrogen-bond donors (Lipinski definition) is 3. The van der Waals surface area contributed by atoms with E-state index in [1.54, 1.807) is 36.1 Å². The topological polar surface area (TPSA) is 112 Å². The van der Waals surface area contributed by atoms with Gasteiger partial charge in [0.2, 0.25) is 0 Å². The lowest BCUT2D eigenvalue weighted by atomic mass is 9.90. The third kappa shape index (κ3) is 5.99. The summed E-state index contributed by atoms with van der Waals surface area (Å²) < 4.78 is 18.7. The summed E-state index contributed by atoms with van der Waals surface area (Å²) in [4.78, 5) is 43.4. The van der Waals surface area contributed by atoms with E-state index in [2.05, 4.69) is 10.3 Å². The minimum Gasteiger partial charge on any atom is -0.496 e. The lowest BCUT2D eigenvalue weighted by molar-refractivity contribution is -0.117. The molecule has 3 aromatic rings. The van der Waals surface area contributed by atoms with Crippen molar-refractivity contribution in [2.24, 2.45) is 5.92 Å². The third-order valence-corrected chi connectivity index (χ3v) is 6.99. The molecule has 0 aliphatic carbocycles. The molecule has 0 radical (unpaired) electrons. The van der Waals surface area contributed by atoms with E-state index in [1.165, 1.54) is 25.4 Å². The maximum Gasteiger partial charge on any atom is 0.292 e. The van der Waals surface area contributed by atoms with Crippen molar-refractivity contribution in [1.29, 1.82) is 0 Å². The summed E-state index contributed by atoms with van der Waals surface area (Å²) in [5, 5.41) is 12.6. The molecule has 2 heterocycles. The van der Waals surface area contributed by atoms with Crippen LogP contribution >= 0.6 is 0 Å². The second-order valence-corrected chi connectivity index (χ2v) is 9.47. The zero-order valence-corrected chi connectivity index (χ0v) is 21.1. The molecule has 1 saturated heterocycles. The Labute approximate surface area is 214 Å². The van der Waals surface area contributed by atoms with Crippen LogP contribution in [0.2, 0.25) is 0 Å². The number of amides is 2. The van der Waals surface area contributed by atoms with Crippen molar-refractivity contribution in [2.75, 3.05) is 26.7 Å². The number of halogens is 1. The summed E-state index contributed by atoms with van der Waals surface area (Å²) >= 11 is 0. The Morgan fingerprint density at radius 3 is 2.51 bits per heavy atom. The molecular weight excluding hydrogens is 477 g/mol. The molecule has 0 bridgehead atoms. The number of likely N-dealkylation sites (tertiary alicyclic amines) is 1. The summed E-state index contributed by atoms with van der Waals surface area (Å²) in [5.74, 6) is -1.24. The predicted molar refractivity (Wildman–Crippen MR) is 137 cm³/mol. The number of aromatic nitrogens is 1. The highest BCUT2D eigenvalue weighted by atomic mass is 19.1. The number of nitrogens with zero attached hydrogens (tertiary/aromatic N) is 1. The maximum atomic E-state index is 13.5. The first-order chi connectivity index (χ1) is 17.8. The second kappa shape index (κ2) is 11.6. The smallest absolute Gasteiger partial charge is 0.292 e. The Morgan fingerprint density at radius 1 is 1.16 bits per heavy atom. The van der Waals surface area contributed by atoms with Crippen molar-refractivity contribution in [2.45, 2.75) is 38.7 Å². The van der Waals surface area contributed by atoms with Gasteiger partial charge in [-0.05, 0) is 55.4 Å². The number of Topliss-reactive ketones (excluding diaryl/α,β-unsaturated/α-hetero) is 1. The van der Waals surface area contributed by atoms with Crippen LogP contribution in [0.4, 0.5) is 4.39 Å². The van der Waals surface area contributed by atoms with Crippen molar-refractivity contribution in [1.82, 2.24) is 15.2 Å². The standard InChI is InChI=1S/C28H32FN3O5/c1-3-20(33)15-31-27(35)26(34)23-16-30-24-14-25(37-2)22(13-21(23)24)28(36)32-10-8-18(9-11-32)12-17-4-6-19(29)7-5-17/h4-7,13-14,16,18,20,30,33H,3,8-12,15H2,1-2H3,(H,31,35). The summed E-state index contributed by atoms with van der Waals surface area (Å²) in [6.45, 7) is 2.91. The van der Waals surface area contributed by atoms with Gasteiger partial charge < -0.3 is 25.0 Å². The largest absolute Gasteiger partial charge is 0.496 e. The molecule has 37 heavy (non-hydrogen) atoms. The van der Waals surface area contributed by atoms with Crippen molar-refractivity contribution >= 4 is 28.5 Å². The van der Waals surface area contributed by atoms with E-state index < -0.39 is 17.8 Å². The maximum absolute atomic E-state index is 13.5. The molecule has 0 spiro atoms. The van der Waals surface area contributed by atoms with E-state index in [9.17, 15) is 23.9 Å². The van der Waals surface area contributed by atoms with Gasteiger partial charge in [-0.3, -0.25) is 14.4 Å². The molecule has 4 rings (SSSR count). The SMILES string of the molecule is CCC(O)CNC(=O)C(=O)c1c[nH]c2cc(OC)c(C(=O)N3CCC(Cc4ccc(F)cc4)CC3)cc12. The van der Waals surface area contributed by atoms with Crippen molar-refractivity contribution in [3.05, 3.63) is 65.1 Å². The molecule has 2 aromatic carbocycles. The number of aromatic amines is 1. The summed E-state index contributed by atoms with van der Waals surface area (Å²) in [5.41, 5.74) is 2.11. The number of ketones is 1. The van der Waals surface area contributed by atoms with Gasteiger partial charge in [-0.25, -0.2) is 4.39 Å². The fraction of sp³-hybridized carbons (Fsp3) is 0.393. The molecule has 1 aliphatic rings. The number of hydrogen-bond acceptors (Lipinski definition) is 5. The summed E-state index contributed by atoms with van der Waals surface area (Å²) in [6, 6.07) is 9.78. The normalized spacial score (nSPS) is 15.0. The van der Waals surface area contributed by atoms with Crippen LogP contribution in [0, 0.1) is 11.7 Å². The molecular formula is C28H32FN3O5. The van der Waals surface area contributed by atoms with Gasteiger partial charge in [0.05, 0.1) is 24.3 Å². The Morgan fingerprint density at radius 2 is 1.86 bits per heavy atom. The van der Waals surface area contributed by atoms with Gasteiger partial charge in [-0.1, -0.05) is 19.1 Å². The monoisotopic (exact) mass is 509 g/mol. The average molecular weight is 510 g/mol. The Balaban J connectivity index is 1.48. The molecule has 0 saturated carbocycles. The van der Waals surface area contributed by atoms with E-state index in [-0.39, 0.29) is 23.8 Å². The number of aliphatic hydroxyl groups excluding tert-OH is 1. The predicted octanol–water partition coefficient (Wildman–Crippen LogP) is 3.48. The number of benzene rings is 2. The molecule has 196 valence electrons. The highest BCUT2D eigenvalue weighted by molar-refractivity contribution is 6.45. The first-order valence-corrected chi connectivity index (χ1v) is 12.5. The van der Waals surface area contributed by atoms with Crippen LogP contribution in [0.1, 0.15) is 52.5 Å². The fourth-order valence-corrected chi connectivity index (χ4v) is 4.70. The Bertz CT molecular complexity index is 1280. The van der Waals surface area contributed by atoms with Crippen molar-refractivity contribution in [3.8, 4) is 5.75 Å². The number of methoxy groups -OCH3 is 1. The van der Waals surface area contributed by atoms with Gasteiger partial charge in [0.1, 0.15) is 11.6 Å². The molecule has 1 unspecified atom stereocenters. The number of carbonyl (C=O) groups is 3. The first-order valence-electron chi connectivity index (χ1n) is 12.5. The van der Waals surface area contributed by atoms with Gasteiger partial charge in [0.25, 0.3) is 17.6 Å². The second-order valence-electron chi connectivity index (χ2n) is 9.47. The summed E-state index contributed by atoms with van der Waals surface area (Å²) in [7, 11) is 1.48. The highest BCUT2D eigenvalue weighted by Crippen LogP contribution is 2.31. The Hall–Kier alpha value is -3.72. The number of carbonyl (C=O) groups excluding carboxylic acids is 3. The van der Waals surface area contributed by atoms with Crippen LogP contribution in [-0.2, 0) is 11.2 Å². The molecule has 2 amide bonds. The van der Waals surface area contributed by atoms with Crippen LogP contribution in [0.3, 0.4) is 0 Å². The van der Waals surface area contributed by atoms with Gasteiger partial charge >= 0.3 is 0 Å². The van der Waals surface area contributed by atoms with E-state index in [4.69, 9.17) is 4.74 Å². The Kier molecular flexibility index (Phi) is 8.23. The van der Waals surface area contributed by atoms with Crippen LogP contribution in [0.15, 0.2) is 42.6 Å². The molecule has 8 nitrogen and oxygen atoms in total. The van der Waals surface area contributed by atoms with Gasteiger partial charge in [-0.15, -0.1) is 0 Å². The number of nitrogens with one attached hydrogen (secondary N) is 2. The van der Waals surface area contributed by atoms with Crippen LogP contribution < -0.4 is 10.1 Å². The zero-order valence-electron chi connectivity index (χ0n) is 21.1. The minimum absolute atomic E-state index is 0.0158. The number of ether oxygens (including phenoxy) is 1. The third-order valence-electron chi connectivity index (χ3n) is 6.99. The number of rotatable bonds is 9. The molecule has 1 fully saturated rings. The molecule has 3 N–H and O–H groups in total. The molecule has 1 aliphatic heterocycles. The van der Waals surface area contributed by atoms with E-state index in [1.807, 2.05) is 0 Å². The van der Waals surface area contributed by atoms with E-state index in [0.717, 1.165) is 24.8 Å². The number of aliphatic hydroxyl groups is 1. The van der Waals surface area contributed by atoms with Gasteiger partial charge in [0.15, 0.2) is 0 Å². The van der Waals surface area contributed by atoms with E-state index >= 15 is 0 Å². The van der Waals surface area contributed by atoms with Crippen molar-refractivity contribution in [3.63, 3.8) is 0 Å². The highest BCUT2D eigenvalue weighted by Gasteiger charge is 2.28. The minimum atomic E-state index is -0.819. The summed E-state index contributed by atoms with van der Waals surface area (Å²) in [6.07, 6.45) is 3.65. The van der Waals surface area contributed by atoms with Crippen LogP contribution in [0.25, 0.3) is 10.9 Å². The zero-order chi connectivity index (χ0) is 26.5. The van der Waals surface area contributed by atoms with Crippen molar-refractivity contribution < 1.29 is 28.6 Å². The van der Waals surface area contributed by atoms with Gasteiger partial charge in [-0.2, -0.15) is 0 Å². The van der Waals surface area contributed by atoms with Crippen LogP contribution in [-0.4, -0.2) is 65.4 Å². The van der Waals surface area contributed by atoms with Crippen LogP contribution in [0.5, 0.6) is 5.75 Å². The van der Waals surface area contributed by atoms with E-state index in [0.29, 0.717) is 47.6 Å². The lowest BCUT2D eigenvalue weighted by Gasteiger charge is -2.32. The fourth-order valence-electron chi connectivity index (χ4n) is 4.70. The number of H-pyrrole nitrogens is 1. The quantitative estimate of drug-likeness (QED) is 0.302. The molecule has 9 heteroatoms. The van der Waals surface area contributed by atoms with Gasteiger partial charge in [0, 0.05) is 42.8 Å². The average Bonchev–Trinajstić information content (AvgIpc) is 3.34.